The molecule has 0 saturated heterocycles. The van der Waals surface area contributed by atoms with Crippen LogP contribution in [0.5, 0.6) is 0 Å². The number of hydrogen-bond donors (Lipinski definition) is 1. The number of furan rings is 1. The number of aliphatic hydroxyl groups excluding tert-OH is 1. The molecular weight excluding hydrogens is 247 g/mol. The molecule has 0 aliphatic carbocycles. The molecule has 1 N–H and O–H groups in total. The van der Waals surface area contributed by atoms with E-state index in [0.717, 1.165) is 18.4 Å². The summed E-state index contributed by atoms with van der Waals surface area (Å²) in [5.74, 6) is 0.633. The number of ether oxygens (including phenoxy) is 1. The molecule has 2 aromatic rings. The van der Waals surface area contributed by atoms with Crippen molar-refractivity contribution in [3.63, 3.8) is 0 Å². The normalized spacial score (nSPS) is 17.1. The van der Waals surface area contributed by atoms with Crippen LogP contribution in [0.4, 0.5) is 4.39 Å². The summed E-state index contributed by atoms with van der Waals surface area (Å²) < 4.78 is 24.3. The molecule has 1 aliphatic heterocycles. The van der Waals surface area contributed by atoms with Crippen LogP contribution in [0.2, 0.25) is 0 Å². The van der Waals surface area contributed by atoms with E-state index >= 15 is 0 Å². The summed E-state index contributed by atoms with van der Waals surface area (Å²) in [6.45, 7) is 2.42. The van der Waals surface area contributed by atoms with Gasteiger partial charge in [-0.05, 0) is 44.0 Å². The van der Waals surface area contributed by atoms with Gasteiger partial charge in [-0.15, -0.1) is 0 Å². The highest BCUT2D eigenvalue weighted by molar-refractivity contribution is 5.82. The summed E-state index contributed by atoms with van der Waals surface area (Å²) in [5, 5.41) is 11.0. The third-order valence-corrected chi connectivity index (χ3v) is 3.42. The minimum atomic E-state index is -0.921. The first-order chi connectivity index (χ1) is 9.16. The third-order valence-electron chi connectivity index (χ3n) is 3.42. The smallest absolute Gasteiger partial charge is 0.168 e. The number of aliphatic hydroxyl groups is 1. The van der Waals surface area contributed by atoms with Crippen molar-refractivity contribution in [1.29, 1.82) is 0 Å². The summed E-state index contributed by atoms with van der Waals surface area (Å²) >= 11 is 0. The molecule has 0 spiro atoms. The van der Waals surface area contributed by atoms with Crippen LogP contribution in [0.1, 0.15) is 30.3 Å². The van der Waals surface area contributed by atoms with Crippen LogP contribution in [0, 0.1) is 12.7 Å². The zero-order valence-electron chi connectivity index (χ0n) is 10.6. The first-order valence-electron chi connectivity index (χ1n) is 6.36. The third kappa shape index (κ3) is 2.12. The average molecular weight is 262 g/mol. The van der Waals surface area contributed by atoms with Crippen LogP contribution >= 0.6 is 0 Å². The lowest BCUT2D eigenvalue weighted by Gasteiger charge is -2.18. The van der Waals surface area contributed by atoms with Crippen LogP contribution in [0.3, 0.4) is 0 Å². The lowest BCUT2D eigenvalue weighted by molar-refractivity contribution is 0.0794. The molecule has 2 heterocycles. The van der Waals surface area contributed by atoms with Crippen LogP contribution in [0.15, 0.2) is 34.5 Å². The Morgan fingerprint density at radius 2 is 2.21 bits per heavy atom. The van der Waals surface area contributed by atoms with Gasteiger partial charge in [0.25, 0.3) is 0 Å². The van der Waals surface area contributed by atoms with Gasteiger partial charge in [0, 0.05) is 10.9 Å². The van der Waals surface area contributed by atoms with Crippen LogP contribution in [-0.2, 0) is 4.74 Å². The SMILES string of the molecule is Cc1c(C(O)C2=CCCCO2)oc2ccc(F)cc12. The highest BCUT2D eigenvalue weighted by Gasteiger charge is 2.24. The van der Waals surface area contributed by atoms with E-state index in [0.29, 0.717) is 29.1 Å². The Bertz CT molecular complexity index is 642. The van der Waals surface area contributed by atoms with Crippen molar-refractivity contribution in [2.24, 2.45) is 0 Å². The number of aryl methyl sites for hydroxylation is 1. The van der Waals surface area contributed by atoms with Gasteiger partial charge in [0.1, 0.15) is 22.9 Å². The van der Waals surface area contributed by atoms with Gasteiger partial charge in [-0.2, -0.15) is 0 Å². The fraction of sp³-hybridized carbons (Fsp3) is 0.333. The van der Waals surface area contributed by atoms with Crippen molar-refractivity contribution < 1.29 is 18.7 Å². The van der Waals surface area contributed by atoms with E-state index in [2.05, 4.69) is 0 Å². The molecule has 1 unspecified atom stereocenters. The number of hydrogen-bond acceptors (Lipinski definition) is 3. The number of benzene rings is 1. The molecule has 0 fully saturated rings. The predicted octanol–water partition coefficient (Wildman–Crippen LogP) is 3.61. The molecule has 19 heavy (non-hydrogen) atoms. The van der Waals surface area contributed by atoms with Crippen molar-refractivity contribution in [2.75, 3.05) is 6.61 Å². The van der Waals surface area contributed by atoms with E-state index < -0.39 is 6.10 Å². The summed E-state index contributed by atoms with van der Waals surface area (Å²) in [7, 11) is 0. The maximum atomic E-state index is 13.2. The number of allylic oxidation sites excluding steroid dienone is 1. The topological polar surface area (TPSA) is 42.6 Å². The van der Waals surface area contributed by atoms with E-state index in [1.807, 2.05) is 13.0 Å². The summed E-state index contributed by atoms with van der Waals surface area (Å²) in [5.41, 5.74) is 1.32. The molecule has 1 aromatic carbocycles. The van der Waals surface area contributed by atoms with Crippen molar-refractivity contribution in [1.82, 2.24) is 0 Å². The zero-order valence-corrected chi connectivity index (χ0v) is 10.6. The Morgan fingerprint density at radius 1 is 1.37 bits per heavy atom. The zero-order chi connectivity index (χ0) is 13.4. The molecular formula is C15H15FO3. The second-order valence-electron chi connectivity index (χ2n) is 4.73. The van der Waals surface area contributed by atoms with E-state index in [9.17, 15) is 9.50 Å². The molecule has 4 heteroatoms. The fourth-order valence-electron chi connectivity index (χ4n) is 2.37. The number of fused-ring (bicyclic) bond motifs is 1. The Hall–Kier alpha value is -1.81. The molecule has 0 radical (unpaired) electrons. The van der Waals surface area contributed by atoms with Gasteiger partial charge >= 0.3 is 0 Å². The second kappa shape index (κ2) is 4.70. The van der Waals surface area contributed by atoms with Gasteiger partial charge in [-0.3, -0.25) is 0 Å². The number of rotatable bonds is 2. The van der Waals surface area contributed by atoms with Crippen LogP contribution in [-0.4, -0.2) is 11.7 Å². The van der Waals surface area contributed by atoms with Gasteiger partial charge in [0.05, 0.1) is 6.61 Å². The summed E-state index contributed by atoms with van der Waals surface area (Å²) in [4.78, 5) is 0. The predicted molar refractivity (Wildman–Crippen MR) is 69.1 cm³/mol. The lowest BCUT2D eigenvalue weighted by atomic mass is 10.1. The largest absolute Gasteiger partial charge is 0.495 e. The monoisotopic (exact) mass is 262 g/mol. The minimum Gasteiger partial charge on any atom is -0.495 e. The molecule has 0 saturated carbocycles. The first-order valence-corrected chi connectivity index (χ1v) is 6.36. The molecule has 0 bridgehead atoms. The number of halogens is 1. The first kappa shape index (κ1) is 12.2. The lowest BCUT2D eigenvalue weighted by Crippen LogP contribution is -2.09. The van der Waals surface area contributed by atoms with Crippen molar-refractivity contribution in [3.05, 3.63) is 47.2 Å². The molecule has 1 aromatic heterocycles. The quantitative estimate of drug-likeness (QED) is 0.899. The van der Waals surface area contributed by atoms with Crippen molar-refractivity contribution in [2.45, 2.75) is 25.9 Å². The summed E-state index contributed by atoms with van der Waals surface area (Å²) in [6.07, 6.45) is 2.80. The maximum absolute atomic E-state index is 13.2. The molecule has 100 valence electrons. The Labute approximate surface area is 110 Å². The maximum Gasteiger partial charge on any atom is 0.168 e. The van der Waals surface area contributed by atoms with E-state index in [1.165, 1.54) is 12.1 Å². The second-order valence-corrected chi connectivity index (χ2v) is 4.73. The van der Waals surface area contributed by atoms with Crippen molar-refractivity contribution in [3.8, 4) is 0 Å². The Kier molecular flexibility index (Phi) is 3.03. The Balaban J connectivity index is 2.05. The van der Waals surface area contributed by atoms with Crippen LogP contribution in [0.25, 0.3) is 11.0 Å². The summed E-state index contributed by atoms with van der Waals surface area (Å²) in [6, 6.07) is 4.34. The van der Waals surface area contributed by atoms with E-state index in [-0.39, 0.29) is 5.82 Å². The fourth-order valence-corrected chi connectivity index (χ4v) is 2.37. The minimum absolute atomic E-state index is 0.314. The van der Waals surface area contributed by atoms with E-state index in [1.54, 1.807) is 6.07 Å². The Morgan fingerprint density at radius 3 is 2.95 bits per heavy atom. The van der Waals surface area contributed by atoms with Gasteiger partial charge in [0.15, 0.2) is 6.10 Å². The molecule has 1 aliphatic rings. The molecule has 3 nitrogen and oxygen atoms in total. The van der Waals surface area contributed by atoms with E-state index in [4.69, 9.17) is 9.15 Å². The van der Waals surface area contributed by atoms with Gasteiger partial charge in [0.2, 0.25) is 0 Å². The molecule has 1 atom stereocenters. The van der Waals surface area contributed by atoms with Crippen molar-refractivity contribution >= 4 is 11.0 Å². The highest BCUT2D eigenvalue weighted by Crippen LogP contribution is 2.34. The highest BCUT2D eigenvalue weighted by atomic mass is 19.1. The van der Waals surface area contributed by atoms with Crippen LogP contribution < -0.4 is 0 Å². The molecule has 0 amide bonds. The van der Waals surface area contributed by atoms with Gasteiger partial charge in [-0.25, -0.2) is 4.39 Å². The standard InChI is InChI=1S/C15H15FO3/c1-9-11-8-10(16)5-6-12(11)19-15(9)14(17)13-4-2-3-7-18-13/h4-6,8,14,17H,2-3,7H2,1H3. The van der Waals surface area contributed by atoms with Gasteiger partial charge in [-0.1, -0.05) is 0 Å². The average Bonchev–Trinajstić information content (AvgIpc) is 2.76. The molecule has 3 rings (SSSR count). The van der Waals surface area contributed by atoms with Gasteiger partial charge < -0.3 is 14.3 Å².